The quantitative estimate of drug-likeness (QED) is 0.664. The van der Waals surface area contributed by atoms with Crippen molar-refractivity contribution >= 4 is 0 Å². The summed E-state index contributed by atoms with van der Waals surface area (Å²) in [5.41, 5.74) is 0. The lowest BCUT2D eigenvalue weighted by Crippen LogP contribution is -2.36. The molecule has 0 aliphatic heterocycles. The van der Waals surface area contributed by atoms with E-state index < -0.39 is 0 Å². The minimum absolute atomic E-state index is 0.861. The normalized spacial score (nSPS) is 25.2. The van der Waals surface area contributed by atoms with Crippen LogP contribution in [0.3, 0.4) is 0 Å². The second kappa shape index (κ2) is 4.00. The first-order valence-electron chi connectivity index (χ1n) is 6.04. The molecule has 1 nitrogen and oxygen atoms in total. The third kappa shape index (κ3) is 2.70. The van der Waals surface area contributed by atoms with Gasteiger partial charge in [0.15, 0.2) is 0 Å². The predicted molar refractivity (Wildman–Crippen MR) is 56.7 cm³/mol. The summed E-state index contributed by atoms with van der Waals surface area (Å²) in [7, 11) is 0. The molecule has 0 amide bonds. The first-order valence-corrected chi connectivity index (χ1v) is 6.04. The fraction of sp³-hybridized carbons (Fsp3) is 1.00. The lowest BCUT2D eigenvalue weighted by molar-refractivity contribution is 0.378. The van der Waals surface area contributed by atoms with Gasteiger partial charge in [-0.2, -0.15) is 0 Å². The number of hydrogen-bond donors (Lipinski definition) is 1. The van der Waals surface area contributed by atoms with E-state index in [2.05, 4.69) is 19.2 Å². The molecule has 0 saturated heterocycles. The summed E-state index contributed by atoms with van der Waals surface area (Å²) in [5.74, 6) is 2.97. The van der Waals surface area contributed by atoms with Crippen LogP contribution in [0.25, 0.3) is 0 Å². The molecule has 1 N–H and O–H groups in total. The molecule has 1 heteroatoms. The van der Waals surface area contributed by atoms with Crippen molar-refractivity contribution in [1.29, 1.82) is 0 Å². The van der Waals surface area contributed by atoms with E-state index in [1.54, 1.807) is 0 Å². The summed E-state index contributed by atoms with van der Waals surface area (Å²) >= 11 is 0. The molecule has 0 aromatic heterocycles. The molecule has 0 radical (unpaired) electrons. The van der Waals surface area contributed by atoms with Crippen LogP contribution < -0.4 is 5.32 Å². The minimum atomic E-state index is 0.861. The molecule has 13 heavy (non-hydrogen) atoms. The van der Waals surface area contributed by atoms with E-state index in [4.69, 9.17) is 0 Å². The predicted octanol–water partition coefficient (Wildman–Crippen LogP) is 2.81. The average molecular weight is 181 g/mol. The van der Waals surface area contributed by atoms with Crippen LogP contribution in [0.15, 0.2) is 0 Å². The van der Waals surface area contributed by atoms with Crippen molar-refractivity contribution in [3.63, 3.8) is 0 Å². The van der Waals surface area contributed by atoms with Crippen molar-refractivity contribution in [3.05, 3.63) is 0 Å². The van der Waals surface area contributed by atoms with Gasteiger partial charge in [-0.1, -0.05) is 20.3 Å². The molecule has 0 aromatic rings. The topological polar surface area (TPSA) is 12.0 Å². The van der Waals surface area contributed by atoms with Crippen LogP contribution >= 0.6 is 0 Å². The van der Waals surface area contributed by atoms with Crippen molar-refractivity contribution in [2.75, 3.05) is 6.54 Å². The highest BCUT2D eigenvalue weighted by molar-refractivity contribution is 4.96. The molecular formula is C12H23N. The average Bonchev–Trinajstić information content (AvgIpc) is 2.98. The van der Waals surface area contributed by atoms with Crippen LogP contribution in [0.1, 0.15) is 46.0 Å². The Morgan fingerprint density at radius 3 is 2.08 bits per heavy atom. The highest BCUT2D eigenvalue weighted by atomic mass is 14.9. The van der Waals surface area contributed by atoms with Gasteiger partial charge in [0.05, 0.1) is 0 Å². The maximum Gasteiger partial charge on any atom is 0.0124 e. The van der Waals surface area contributed by atoms with E-state index in [0.29, 0.717) is 0 Å². The van der Waals surface area contributed by atoms with Crippen molar-refractivity contribution in [2.45, 2.75) is 52.0 Å². The van der Waals surface area contributed by atoms with Crippen molar-refractivity contribution in [2.24, 2.45) is 17.8 Å². The molecule has 0 aromatic carbocycles. The molecule has 1 atom stereocenters. The Morgan fingerprint density at radius 1 is 1.15 bits per heavy atom. The molecule has 0 bridgehead atoms. The molecule has 1 unspecified atom stereocenters. The van der Waals surface area contributed by atoms with Crippen LogP contribution in [-0.4, -0.2) is 12.6 Å². The van der Waals surface area contributed by atoms with E-state index in [0.717, 1.165) is 23.8 Å². The SMILES string of the molecule is CCC(C)CNC(C1CC1)C1CC1. The summed E-state index contributed by atoms with van der Waals surface area (Å²) in [6, 6.07) is 0.897. The molecule has 0 heterocycles. The summed E-state index contributed by atoms with van der Waals surface area (Å²) in [6.07, 6.45) is 7.29. The van der Waals surface area contributed by atoms with Gasteiger partial charge in [-0.3, -0.25) is 0 Å². The summed E-state index contributed by atoms with van der Waals surface area (Å²) in [6.45, 7) is 5.88. The number of hydrogen-bond acceptors (Lipinski definition) is 1. The Kier molecular flexibility index (Phi) is 2.92. The number of rotatable bonds is 6. The van der Waals surface area contributed by atoms with Gasteiger partial charge in [0, 0.05) is 6.04 Å². The Hall–Kier alpha value is -0.0400. The van der Waals surface area contributed by atoms with Gasteiger partial charge in [0.25, 0.3) is 0 Å². The summed E-state index contributed by atoms with van der Waals surface area (Å²) in [5, 5.41) is 3.79. The van der Waals surface area contributed by atoms with Crippen molar-refractivity contribution in [3.8, 4) is 0 Å². The molecular weight excluding hydrogens is 158 g/mol. The summed E-state index contributed by atoms with van der Waals surface area (Å²) in [4.78, 5) is 0. The van der Waals surface area contributed by atoms with Crippen LogP contribution in [0, 0.1) is 17.8 Å². The largest absolute Gasteiger partial charge is 0.313 e. The van der Waals surface area contributed by atoms with Crippen LogP contribution in [0.5, 0.6) is 0 Å². The molecule has 2 rings (SSSR count). The molecule has 76 valence electrons. The van der Waals surface area contributed by atoms with Crippen LogP contribution in [-0.2, 0) is 0 Å². The Bertz CT molecular complexity index is 147. The third-order valence-corrected chi connectivity index (χ3v) is 3.66. The van der Waals surface area contributed by atoms with E-state index in [9.17, 15) is 0 Å². The highest BCUT2D eigenvalue weighted by Gasteiger charge is 2.40. The zero-order chi connectivity index (χ0) is 9.26. The van der Waals surface area contributed by atoms with E-state index in [1.807, 2.05) is 0 Å². The van der Waals surface area contributed by atoms with Gasteiger partial charge in [-0.05, 0) is 50.0 Å². The third-order valence-electron chi connectivity index (χ3n) is 3.66. The Labute approximate surface area is 82.3 Å². The zero-order valence-electron chi connectivity index (χ0n) is 9.05. The molecule has 0 spiro atoms. The van der Waals surface area contributed by atoms with Gasteiger partial charge in [-0.15, -0.1) is 0 Å². The molecule has 2 aliphatic carbocycles. The summed E-state index contributed by atoms with van der Waals surface area (Å²) < 4.78 is 0. The van der Waals surface area contributed by atoms with Crippen LogP contribution in [0.4, 0.5) is 0 Å². The minimum Gasteiger partial charge on any atom is -0.313 e. The van der Waals surface area contributed by atoms with Gasteiger partial charge >= 0.3 is 0 Å². The first kappa shape index (κ1) is 9.51. The lowest BCUT2D eigenvalue weighted by Gasteiger charge is -2.20. The monoisotopic (exact) mass is 181 g/mol. The van der Waals surface area contributed by atoms with Gasteiger partial charge < -0.3 is 5.32 Å². The van der Waals surface area contributed by atoms with Crippen molar-refractivity contribution in [1.82, 2.24) is 5.32 Å². The maximum atomic E-state index is 3.79. The number of nitrogens with one attached hydrogen (secondary N) is 1. The Balaban J connectivity index is 1.70. The lowest BCUT2D eigenvalue weighted by atomic mass is 10.0. The standard InChI is InChI=1S/C12H23N/c1-3-9(2)8-13-12(10-4-5-10)11-6-7-11/h9-13H,3-8H2,1-2H3. The van der Waals surface area contributed by atoms with E-state index in [1.165, 1.54) is 38.6 Å². The van der Waals surface area contributed by atoms with E-state index in [-0.39, 0.29) is 0 Å². The van der Waals surface area contributed by atoms with E-state index >= 15 is 0 Å². The second-order valence-electron chi connectivity index (χ2n) is 5.12. The second-order valence-corrected chi connectivity index (χ2v) is 5.12. The molecule has 2 aliphatic rings. The van der Waals surface area contributed by atoms with Gasteiger partial charge in [-0.25, -0.2) is 0 Å². The highest BCUT2D eigenvalue weighted by Crippen LogP contribution is 2.44. The fourth-order valence-electron chi connectivity index (χ4n) is 2.11. The maximum absolute atomic E-state index is 3.79. The first-order chi connectivity index (χ1) is 6.31. The zero-order valence-corrected chi connectivity index (χ0v) is 9.05. The van der Waals surface area contributed by atoms with Gasteiger partial charge in [0.2, 0.25) is 0 Å². The smallest absolute Gasteiger partial charge is 0.0124 e. The Morgan fingerprint density at radius 2 is 1.69 bits per heavy atom. The van der Waals surface area contributed by atoms with Crippen molar-refractivity contribution < 1.29 is 0 Å². The molecule has 2 fully saturated rings. The fourth-order valence-corrected chi connectivity index (χ4v) is 2.11. The molecule has 2 saturated carbocycles. The van der Waals surface area contributed by atoms with Gasteiger partial charge in [0.1, 0.15) is 0 Å². The van der Waals surface area contributed by atoms with Crippen LogP contribution in [0.2, 0.25) is 0 Å².